The molecule has 0 aliphatic carbocycles. The molecule has 2 heterocycles. The lowest BCUT2D eigenvalue weighted by molar-refractivity contribution is 0.126. The number of hydrogen-bond donors (Lipinski definition) is 1. The molecule has 0 bridgehead atoms. The van der Waals surface area contributed by atoms with Gasteiger partial charge in [-0.3, -0.25) is 4.90 Å². The molecule has 2 aliphatic heterocycles. The smallest absolute Gasteiger partial charge is 0.0396 e. The molecule has 1 aromatic rings. The molecule has 1 saturated heterocycles. The second kappa shape index (κ2) is 6.37. The quantitative estimate of drug-likeness (QED) is 0.927. The highest BCUT2D eigenvalue weighted by Gasteiger charge is 2.25. The van der Waals surface area contributed by atoms with Gasteiger partial charge in [0.1, 0.15) is 0 Å². The topological polar surface area (TPSA) is 32.5 Å². The van der Waals surface area contributed by atoms with Gasteiger partial charge in [0.25, 0.3) is 0 Å². The average molecular weight is 287 g/mol. The van der Waals surface area contributed by atoms with Gasteiger partial charge in [-0.2, -0.15) is 0 Å². The summed E-state index contributed by atoms with van der Waals surface area (Å²) in [5.41, 5.74) is 10.3. The third kappa shape index (κ3) is 3.24. The van der Waals surface area contributed by atoms with Crippen LogP contribution in [-0.4, -0.2) is 38.1 Å². The van der Waals surface area contributed by atoms with E-state index in [0.29, 0.717) is 5.92 Å². The number of anilines is 1. The molecule has 3 nitrogen and oxygen atoms in total. The molecule has 1 fully saturated rings. The lowest BCUT2D eigenvalue weighted by Gasteiger charge is -2.37. The molecule has 2 unspecified atom stereocenters. The van der Waals surface area contributed by atoms with E-state index in [4.69, 9.17) is 5.73 Å². The van der Waals surface area contributed by atoms with Crippen LogP contribution in [0, 0.1) is 11.8 Å². The zero-order chi connectivity index (χ0) is 14.8. The second-order valence-corrected chi connectivity index (χ2v) is 6.99. The molecule has 2 atom stereocenters. The molecule has 0 saturated carbocycles. The predicted molar refractivity (Wildman–Crippen MR) is 89.6 cm³/mol. The van der Waals surface area contributed by atoms with Crippen molar-refractivity contribution in [2.45, 2.75) is 32.7 Å². The molecule has 3 rings (SSSR count). The maximum absolute atomic E-state index is 5.92. The SMILES string of the molecule is CC1CCN(Cc2ccc3c(c2)CCCN3C)CC1CN. The number of fused-ring (bicyclic) bond motifs is 1. The minimum atomic E-state index is 0.669. The van der Waals surface area contributed by atoms with Crippen molar-refractivity contribution in [3.63, 3.8) is 0 Å². The summed E-state index contributed by atoms with van der Waals surface area (Å²) >= 11 is 0. The van der Waals surface area contributed by atoms with E-state index in [1.165, 1.54) is 49.2 Å². The molecular formula is C18H29N3. The molecule has 0 radical (unpaired) electrons. The van der Waals surface area contributed by atoms with Crippen molar-refractivity contribution >= 4 is 5.69 Å². The number of nitrogens with two attached hydrogens (primary N) is 1. The van der Waals surface area contributed by atoms with Crippen LogP contribution in [0.25, 0.3) is 0 Å². The highest BCUT2D eigenvalue weighted by molar-refractivity contribution is 5.56. The molecule has 116 valence electrons. The standard InChI is InChI=1S/C18H29N3/c1-14-7-9-21(13-17(14)11-19)12-15-5-6-18-16(10-15)4-3-8-20(18)2/h5-6,10,14,17H,3-4,7-9,11-13,19H2,1-2H3. The van der Waals surface area contributed by atoms with Gasteiger partial charge in [-0.05, 0) is 61.4 Å². The molecule has 0 aromatic heterocycles. The maximum Gasteiger partial charge on any atom is 0.0396 e. The van der Waals surface area contributed by atoms with Crippen LogP contribution in [0.1, 0.15) is 30.9 Å². The molecule has 2 N–H and O–H groups in total. The zero-order valence-corrected chi connectivity index (χ0v) is 13.5. The van der Waals surface area contributed by atoms with Gasteiger partial charge < -0.3 is 10.6 Å². The van der Waals surface area contributed by atoms with Gasteiger partial charge in [-0.25, -0.2) is 0 Å². The van der Waals surface area contributed by atoms with Crippen LogP contribution < -0.4 is 10.6 Å². The Bertz CT molecular complexity index is 485. The van der Waals surface area contributed by atoms with Gasteiger partial charge in [0.2, 0.25) is 0 Å². The Morgan fingerprint density at radius 3 is 2.95 bits per heavy atom. The predicted octanol–water partition coefficient (Wildman–Crippen LogP) is 2.49. The summed E-state index contributed by atoms with van der Waals surface area (Å²) in [5.74, 6) is 1.45. The third-order valence-corrected chi connectivity index (χ3v) is 5.40. The molecule has 3 heteroatoms. The van der Waals surface area contributed by atoms with Crippen molar-refractivity contribution < 1.29 is 0 Å². The first-order chi connectivity index (χ1) is 10.2. The Kier molecular flexibility index (Phi) is 4.51. The van der Waals surface area contributed by atoms with Gasteiger partial charge in [0.05, 0.1) is 0 Å². The molecule has 21 heavy (non-hydrogen) atoms. The fraction of sp³-hybridized carbons (Fsp3) is 0.667. The number of nitrogens with zero attached hydrogens (tertiary/aromatic N) is 2. The molecule has 0 amide bonds. The molecule has 0 spiro atoms. The maximum atomic E-state index is 5.92. The summed E-state index contributed by atoms with van der Waals surface area (Å²) in [4.78, 5) is 4.97. The normalized spacial score (nSPS) is 26.7. The van der Waals surface area contributed by atoms with Crippen LogP contribution in [0.5, 0.6) is 0 Å². The van der Waals surface area contributed by atoms with Crippen LogP contribution in [0.15, 0.2) is 18.2 Å². The summed E-state index contributed by atoms with van der Waals surface area (Å²) in [6.07, 6.45) is 3.80. The van der Waals surface area contributed by atoms with E-state index in [1.54, 1.807) is 0 Å². The van der Waals surface area contributed by atoms with E-state index in [0.717, 1.165) is 25.6 Å². The third-order valence-electron chi connectivity index (χ3n) is 5.40. The Morgan fingerprint density at radius 1 is 1.29 bits per heavy atom. The van der Waals surface area contributed by atoms with Gasteiger partial charge in [0, 0.05) is 32.4 Å². The van der Waals surface area contributed by atoms with Crippen molar-refractivity contribution in [3.8, 4) is 0 Å². The van der Waals surface area contributed by atoms with Gasteiger partial charge in [-0.15, -0.1) is 0 Å². The summed E-state index contributed by atoms with van der Waals surface area (Å²) in [6.45, 7) is 7.83. The molecule has 2 aliphatic rings. The van der Waals surface area contributed by atoms with Crippen LogP contribution in [0.3, 0.4) is 0 Å². The molecule has 1 aromatic carbocycles. The number of rotatable bonds is 3. The molecular weight excluding hydrogens is 258 g/mol. The lowest BCUT2D eigenvalue weighted by Crippen LogP contribution is -2.42. The van der Waals surface area contributed by atoms with E-state index >= 15 is 0 Å². The number of hydrogen-bond acceptors (Lipinski definition) is 3. The Morgan fingerprint density at radius 2 is 2.14 bits per heavy atom. The zero-order valence-electron chi connectivity index (χ0n) is 13.5. The first kappa shape index (κ1) is 14.9. The van der Waals surface area contributed by atoms with E-state index in [9.17, 15) is 0 Å². The van der Waals surface area contributed by atoms with Crippen LogP contribution in [-0.2, 0) is 13.0 Å². The largest absolute Gasteiger partial charge is 0.374 e. The highest BCUT2D eigenvalue weighted by Crippen LogP contribution is 2.28. The average Bonchev–Trinajstić information content (AvgIpc) is 2.49. The van der Waals surface area contributed by atoms with Crippen LogP contribution in [0.4, 0.5) is 5.69 Å². The van der Waals surface area contributed by atoms with Crippen molar-refractivity contribution in [2.24, 2.45) is 17.6 Å². The minimum Gasteiger partial charge on any atom is -0.374 e. The lowest BCUT2D eigenvalue weighted by atomic mass is 9.87. The van der Waals surface area contributed by atoms with Gasteiger partial charge in [-0.1, -0.05) is 19.1 Å². The van der Waals surface area contributed by atoms with E-state index < -0.39 is 0 Å². The first-order valence-electron chi connectivity index (χ1n) is 8.42. The van der Waals surface area contributed by atoms with E-state index in [2.05, 4.69) is 42.0 Å². The Hall–Kier alpha value is -1.06. The summed E-state index contributed by atoms with van der Waals surface area (Å²) < 4.78 is 0. The van der Waals surface area contributed by atoms with Crippen LogP contribution >= 0.6 is 0 Å². The Balaban J connectivity index is 1.68. The fourth-order valence-corrected chi connectivity index (χ4v) is 3.87. The van der Waals surface area contributed by atoms with Gasteiger partial charge in [0.15, 0.2) is 0 Å². The Labute approximate surface area is 129 Å². The minimum absolute atomic E-state index is 0.669. The van der Waals surface area contributed by atoms with Gasteiger partial charge >= 0.3 is 0 Å². The number of benzene rings is 1. The van der Waals surface area contributed by atoms with E-state index in [1.807, 2.05) is 0 Å². The highest BCUT2D eigenvalue weighted by atomic mass is 15.1. The number of piperidine rings is 1. The number of likely N-dealkylation sites (tertiary alicyclic amines) is 1. The summed E-state index contributed by atoms with van der Waals surface area (Å²) in [5, 5.41) is 0. The van der Waals surface area contributed by atoms with Crippen molar-refractivity contribution in [1.82, 2.24) is 4.90 Å². The van der Waals surface area contributed by atoms with Crippen molar-refractivity contribution in [3.05, 3.63) is 29.3 Å². The summed E-state index contributed by atoms with van der Waals surface area (Å²) in [6, 6.07) is 7.06. The summed E-state index contributed by atoms with van der Waals surface area (Å²) in [7, 11) is 2.20. The van der Waals surface area contributed by atoms with Crippen molar-refractivity contribution in [1.29, 1.82) is 0 Å². The fourth-order valence-electron chi connectivity index (χ4n) is 3.87. The van der Waals surface area contributed by atoms with Crippen LogP contribution in [0.2, 0.25) is 0 Å². The first-order valence-corrected chi connectivity index (χ1v) is 8.42. The number of aryl methyl sites for hydroxylation is 1. The monoisotopic (exact) mass is 287 g/mol. The van der Waals surface area contributed by atoms with Crippen molar-refractivity contribution in [2.75, 3.05) is 38.1 Å². The second-order valence-electron chi connectivity index (χ2n) is 6.99. The van der Waals surface area contributed by atoms with E-state index in [-0.39, 0.29) is 0 Å².